The molecule has 24 heavy (non-hydrogen) atoms. The maximum absolute atomic E-state index is 10.8. The summed E-state index contributed by atoms with van der Waals surface area (Å²) in [5, 5.41) is 25.3. The van der Waals surface area contributed by atoms with E-state index in [-0.39, 0.29) is 5.69 Å². The van der Waals surface area contributed by atoms with Gasteiger partial charge in [0.1, 0.15) is 11.3 Å². The van der Waals surface area contributed by atoms with Gasteiger partial charge in [-0.3, -0.25) is 10.1 Å². The van der Waals surface area contributed by atoms with Crippen LogP contribution in [0.5, 0.6) is 0 Å². The lowest BCUT2D eigenvalue weighted by molar-refractivity contribution is -0.384. The molecule has 0 spiro atoms. The number of hydrogen-bond donors (Lipinski definition) is 2. The van der Waals surface area contributed by atoms with Crippen molar-refractivity contribution in [2.24, 2.45) is 0 Å². The Morgan fingerprint density at radius 2 is 2.08 bits per heavy atom. The topological polar surface area (TPSA) is 88.5 Å². The van der Waals surface area contributed by atoms with Crippen LogP contribution in [0.25, 0.3) is 11.0 Å². The van der Waals surface area contributed by atoms with Gasteiger partial charge in [-0.15, -0.1) is 0 Å². The number of aliphatic hydroxyl groups excluding tert-OH is 1. The fraction of sp³-hybridized carbons (Fsp3) is 0.176. The average molecular weight is 347 g/mol. The van der Waals surface area contributed by atoms with E-state index in [9.17, 15) is 15.2 Å². The van der Waals surface area contributed by atoms with Gasteiger partial charge in [0.2, 0.25) is 0 Å². The first-order chi connectivity index (χ1) is 11.5. The molecule has 0 aliphatic rings. The molecule has 0 saturated heterocycles. The standard InChI is InChI=1S/C17H15ClN2O4/c18-13-3-1-2-11(6-13)16(21)10-19-9-15-8-12-7-14(20(22)23)4-5-17(12)24-15/h1-8,16,19,21H,9-10H2/t16-/m0/s1. The van der Waals surface area contributed by atoms with Gasteiger partial charge in [-0.1, -0.05) is 23.7 Å². The largest absolute Gasteiger partial charge is 0.460 e. The van der Waals surface area contributed by atoms with Gasteiger partial charge < -0.3 is 14.8 Å². The molecule has 0 aliphatic carbocycles. The molecule has 1 heterocycles. The second-order valence-corrected chi connectivity index (χ2v) is 5.83. The molecule has 0 aliphatic heterocycles. The van der Waals surface area contributed by atoms with E-state index in [1.54, 1.807) is 36.4 Å². The van der Waals surface area contributed by atoms with Gasteiger partial charge in [-0.2, -0.15) is 0 Å². The van der Waals surface area contributed by atoms with Crippen molar-refractivity contribution in [3.05, 3.63) is 75.0 Å². The van der Waals surface area contributed by atoms with Gasteiger partial charge in [-0.25, -0.2) is 0 Å². The van der Waals surface area contributed by atoms with Crippen molar-refractivity contribution in [1.29, 1.82) is 0 Å². The Bertz CT molecular complexity index is 878. The summed E-state index contributed by atoms with van der Waals surface area (Å²) in [5.41, 5.74) is 1.35. The van der Waals surface area contributed by atoms with E-state index in [1.807, 2.05) is 0 Å². The molecule has 7 heteroatoms. The van der Waals surface area contributed by atoms with Gasteiger partial charge in [-0.05, 0) is 29.8 Å². The first-order valence-electron chi connectivity index (χ1n) is 7.34. The lowest BCUT2D eigenvalue weighted by Crippen LogP contribution is -2.20. The molecule has 2 N–H and O–H groups in total. The minimum absolute atomic E-state index is 0.0270. The zero-order chi connectivity index (χ0) is 17.1. The van der Waals surface area contributed by atoms with E-state index in [0.717, 1.165) is 5.56 Å². The van der Waals surface area contributed by atoms with Gasteiger partial charge in [0, 0.05) is 29.1 Å². The second-order valence-electron chi connectivity index (χ2n) is 5.39. The third-order valence-corrected chi connectivity index (χ3v) is 3.87. The SMILES string of the molecule is O=[N+]([O-])c1ccc2oc(CNC[C@H](O)c3cccc(Cl)c3)cc2c1. The molecule has 0 unspecified atom stereocenters. The smallest absolute Gasteiger partial charge is 0.270 e. The van der Waals surface area contributed by atoms with Crippen molar-refractivity contribution in [2.45, 2.75) is 12.6 Å². The van der Waals surface area contributed by atoms with Crippen LogP contribution in [0, 0.1) is 10.1 Å². The summed E-state index contributed by atoms with van der Waals surface area (Å²) in [6.45, 7) is 0.734. The lowest BCUT2D eigenvalue weighted by Gasteiger charge is -2.11. The molecule has 1 atom stereocenters. The van der Waals surface area contributed by atoms with Gasteiger partial charge in [0.05, 0.1) is 17.6 Å². The summed E-state index contributed by atoms with van der Waals surface area (Å²) in [4.78, 5) is 10.3. The van der Waals surface area contributed by atoms with Crippen molar-refractivity contribution >= 4 is 28.3 Å². The predicted molar refractivity (Wildman–Crippen MR) is 91.0 cm³/mol. The minimum Gasteiger partial charge on any atom is -0.460 e. The first-order valence-corrected chi connectivity index (χ1v) is 7.72. The minimum atomic E-state index is -0.686. The number of hydrogen-bond acceptors (Lipinski definition) is 5. The van der Waals surface area contributed by atoms with Crippen LogP contribution in [0.3, 0.4) is 0 Å². The molecule has 2 aromatic carbocycles. The molecule has 1 aromatic heterocycles. The molecule has 0 fully saturated rings. The van der Waals surface area contributed by atoms with Crippen LogP contribution in [0.1, 0.15) is 17.4 Å². The van der Waals surface area contributed by atoms with Crippen LogP contribution in [0.15, 0.2) is 52.9 Å². The summed E-state index contributed by atoms with van der Waals surface area (Å²) in [6.07, 6.45) is -0.686. The molecule has 0 bridgehead atoms. The number of halogens is 1. The first kappa shape index (κ1) is 16.4. The molecule has 0 radical (unpaired) electrons. The Morgan fingerprint density at radius 1 is 1.25 bits per heavy atom. The number of rotatable bonds is 6. The summed E-state index contributed by atoms with van der Waals surface area (Å²) in [7, 11) is 0. The predicted octanol–water partition coefficient (Wildman–Crippen LogP) is 3.82. The zero-order valence-electron chi connectivity index (χ0n) is 12.6. The quantitative estimate of drug-likeness (QED) is 0.523. The fourth-order valence-corrected chi connectivity index (χ4v) is 2.65. The molecular weight excluding hydrogens is 332 g/mol. The summed E-state index contributed by atoms with van der Waals surface area (Å²) < 4.78 is 5.62. The number of aliphatic hydroxyl groups is 1. The number of nitrogens with one attached hydrogen (secondary N) is 1. The Labute approximate surface area is 142 Å². The number of nitrogens with zero attached hydrogens (tertiary/aromatic N) is 1. The summed E-state index contributed by atoms with van der Waals surface area (Å²) >= 11 is 5.90. The maximum atomic E-state index is 10.8. The van der Waals surface area contributed by atoms with Crippen LogP contribution >= 0.6 is 11.6 Å². The van der Waals surface area contributed by atoms with E-state index in [4.69, 9.17) is 16.0 Å². The Morgan fingerprint density at radius 3 is 2.83 bits per heavy atom. The maximum Gasteiger partial charge on any atom is 0.270 e. The van der Waals surface area contributed by atoms with Crippen LogP contribution < -0.4 is 5.32 Å². The molecule has 124 valence electrons. The number of nitro groups is 1. The number of benzene rings is 2. The van der Waals surface area contributed by atoms with Gasteiger partial charge in [0.15, 0.2) is 0 Å². The van der Waals surface area contributed by atoms with E-state index < -0.39 is 11.0 Å². The third kappa shape index (κ3) is 3.73. The van der Waals surface area contributed by atoms with Crippen molar-refractivity contribution in [1.82, 2.24) is 5.32 Å². The molecule has 6 nitrogen and oxygen atoms in total. The van der Waals surface area contributed by atoms with Crippen molar-refractivity contribution in [2.75, 3.05) is 6.54 Å². The number of fused-ring (bicyclic) bond motifs is 1. The van der Waals surface area contributed by atoms with Crippen molar-refractivity contribution in [3.8, 4) is 0 Å². The monoisotopic (exact) mass is 346 g/mol. The summed E-state index contributed by atoms with van der Waals surface area (Å²) in [5.74, 6) is 0.642. The van der Waals surface area contributed by atoms with Crippen molar-refractivity contribution < 1.29 is 14.4 Å². The van der Waals surface area contributed by atoms with Crippen molar-refractivity contribution in [3.63, 3.8) is 0 Å². The molecule has 3 aromatic rings. The second kappa shape index (κ2) is 7.00. The Balaban J connectivity index is 1.62. The highest BCUT2D eigenvalue weighted by Crippen LogP contribution is 2.24. The van der Waals surface area contributed by atoms with E-state index in [1.165, 1.54) is 12.1 Å². The van der Waals surface area contributed by atoms with E-state index in [0.29, 0.717) is 34.8 Å². The molecule has 0 amide bonds. The lowest BCUT2D eigenvalue weighted by atomic mass is 10.1. The van der Waals surface area contributed by atoms with Gasteiger partial charge >= 0.3 is 0 Å². The Hall–Kier alpha value is -2.41. The van der Waals surface area contributed by atoms with E-state index >= 15 is 0 Å². The highest BCUT2D eigenvalue weighted by molar-refractivity contribution is 6.30. The normalized spacial score (nSPS) is 12.4. The van der Waals surface area contributed by atoms with E-state index in [2.05, 4.69) is 5.32 Å². The average Bonchev–Trinajstić information content (AvgIpc) is 2.96. The number of non-ortho nitro benzene ring substituents is 1. The third-order valence-electron chi connectivity index (χ3n) is 3.63. The van der Waals surface area contributed by atoms with Crippen LogP contribution in [0.4, 0.5) is 5.69 Å². The zero-order valence-corrected chi connectivity index (χ0v) is 13.4. The molecule has 0 saturated carbocycles. The highest BCUT2D eigenvalue weighted by atomic mass is 35.5. The Kier molecular flexibility index (Phi) is 4.80. The fourth-order valence-electron chi connectivity index (χ4n) is 2.45. The highest BCUT2D eigenvalue weighted by Gasteiger charge is 2.11. The van der Waals surface area contributed by atoms with Crippen LogP contribution in [-0.4, -0.2) is 16.6 Å². The number of furan rings is 1. The van der Waals surface area contributed by atoms with Gasteiger partial charge in [0.25, 0.3) is 5.69 Å². The van der Waals surface area contributed by atoms with Crippen LogP contribution in [-0.2, 0) is 6.54 Å². The molecular formula is C17H15ClN2O4. The summed E-state index contributed by atoms with van der Waals surface area (Å²) in [6, 6.07) is 13.3. The molecule has 3 rings (SSSR count). The number of nitro benzene ring substituents is 1. The van der Waals surface area contributed by atoms with Crippen LogP contribution in [0.2, 0.25) is 5.02 Å².